The normalized spacial score (nSPS) is 19.7. The highest BCUT2D eigenvalue weighted by Gasteiger charge is 2.38. The molecular formula is C29H35NO2. The second-order valence-electron chi connectivity index (χ2n) is 10.6. The molecule has 0 aliphatic heterocycles. The van der Waals surface area contributed by atoms with Crippen LogP contribution in [0.1, 0.15) is 87.2 Å². The number of carbonyl (C=O) groups is 1. The van der Waals surface area contributed by atoms with Crippen molar-refractivity contribution in [3.05, 3.63) is 70.3 Å². The number of hydrogen-bond donors (Lipinski definition) is 0. The number of carbonyl (C=O) groups excluding carboxylic acids is 1. The van der Waals surface area contributed by atoms with Crippen LogP contribution in [0.4, 0.5) is 0 Å². The fourth-order valence-electron chi connectivity index (χ4n) is 4.95. The maximum Gasteiger partial charge on any atom is 0.315 e. The lowest BCUT2D eigenvalue weighted by Crippen LogP contribution is -2.35. The van der Waals surface area contributed by atoms with Gasteiger partial charge in [0.2, 0.25) is 0 Å². The van der Waals surface area contributed by atoms with Crippen molar-refractivity contribution in [1.29, 1.82) is 0 Å². The molecule has 1 saturated carbocycles. The predicted octanol–water partition coefficient (Wildman–Crippen LogP) is 5.74. The van der Waals surface area contributed by atoms with Gasteiger partial charge in [-0.25, -0.2) is 0 Å². The van der Waals surface area contributed by atoms with Crippen molar-refractivity contribution in [3.8, 4) is 11.8 Å². The van der Waals surface area contributed by atoms with E-state index in [1.165, 1.54) is 43.9 Å². The van der Waals surface area contributed by atoms with Crippen LogP contribution < -0.4 is 0 Å². The van der Waals surface area contributed by atoms with E-state index in [0.717, 1.165) is 22.7 Å². The minimum atomic E-state index is -0.672. The molecule has 0 bridgehead atoms. The Morgan fingerprint density at radius 2 is 1.66 bits per heavy atom. The first-order valence-corrected chi connectivity index (χ1v) is 11.7. The van der Waals surface area contributed by atoms with Crippen molar-refractivity contribution < 1.29 is 9.53 Å². The van der Waals surface area contributed by atoms with Gasteiger partial charge in [0.25, 0.3) is 0 Å². The fraction of sp³-hybridized carbons (Fsp3) is 0.483. The molecular weight excluding hydrogens is 394 g/mol. The summed E-state index contributed by atoms with van der Waals surface area (Å²) in [6.45, 7) is 8.47. The molecule has 4 rings (SSSR count). The minimum absolute atomic E-state index is 0.176. The Bertz CT molecular complexity index is 1060. The summed E-state index contributed by atoms with van der Waals surface area (Å²) < 4.78 is 4.94. The van der Waals surface area contributed by atoms with E-state index in [-0.39, 0.29) is 11.4 Å². The third-order valence-electron chi connectivity index (χ3n) is 7.45. The zero-order valence-corrected chi connectivity index (χ0v) is 20.3. The van der Waals surface area contributed by atoms with Crippen LogP contribution >= 0.6 is 0 Å². The van der Waals surface area contributed by atoms with E-state index in [0.29, 0.717) is 6.04 Å². The Kier molecular flexibility index (Phi) is 5.94. The van der Waals surface area contributed by atoms with Gasteiger partial charge in [0.05, 0.1) is 12.5 Å². The second kappa shape index (κ2) is 8.41. The molecule has 0 radical (unpaired) electrons. The van der Waals surface area contributed by atoms with Gasteiger partial charge >= 0.3 is 5.97 Å². The first-order valence-electron chi connectivity index (χ1n) is 11.7. The van der Waals surface area contributed by atoms with E-state index in [4.69, 9.17) is 4.74 Å². The van der Waals surface area contributed by atoms with Crippen LogP contribution in [-0.4, -0.2) is 31.1 Å². The Labute approximate surface area is 193 Å². The molecule has 2 aliphatic carbocycles. The molecule has 3 heteroatoms. The number of methoxy groups -OCH3 is 1. The van der Waals surface area contributed by atoms with Crippen molar-refractivity contribution in [2.24, 2.45) is 0 Å². The third-order valence-corrected chi connectivity index (χ3v) is 7.45. The van der Waals surface area contributed by atoms with Crippen LogP contribution in [0.25, 0.3) is 0 Å². The van der Waals surface area contributed by atoms with Crippen LogP contribution in [0.15, 0.2) is 42.5 Å². The van der Waals surface area contributed by atoms with Crippen molar-refractivity contribution in [1.82, 2.24) is 4.90 Å². The predicted molar refractivity (Wildman–Crippen MR) is 130 cm³/mol. The van der Waals surface area contributed by atoms with Crippen molar-refractivity contribution in [3.63, 3.8) is 0 Å². The van der Waals surface area contributed by atoms with E-state index in [1.807, 2.05) is 38.1 Å². The highest BCUT2D eigenvalue weighted by Crippen LogP contribution is 2.46. The van der Waals surface area contributed by atoms with Gasteiger partial charge in [-0.05, 0) is 92.9 Å². The number of rotatable bonds is 4. The zero-order valence-electron chi connectivity index (χ0n) is 20.3. The van der Waals surface area contributed by atoms with Crippen LogP contribution in [0.5, 0.6) is 0 Å². The number of fused-ring (bicyclic) bond motifs is 1. The number of benzene rings is 2. The fourth-order valence-corrected chi connectivity index (χ4v) is 4.95. The Morgan fingerprint density at radius 3 is 2.28 bits per heavy atom. The molecule has 0 aromatic heterocycles. The Hall–Kier alpha value is -2.57. The van der Waals surface area contributed by atoms with E-state index >= 15 is 0 Å². The summed E-state index contributed by atoms with van der Waals surface area (Å²) in [5.74, 6) is 6.43. The zero-order chi connectivity index (χ0) is 23.1. The topological polar surface area (TPSA) is 29.5 Å². The van der Waals surface area contributed by atoms with Gasteiger partial charge < -0.3 is 4.74 Å². The molecule has 1 fully saturated rings. The Balaban J connectivity index is 1.58. The molecule has 168 valence electrons. The average molecular weight is 430 g/mol. The van der Waals surface area contributed by atoms with Gasteiger partial charge in [-0.15, -0.1) is 0 Å². The second-order valence-corrected chi connectivity index (χ2v) is 10.6. The van der Waals surface area contributed by atoms with Gasteiger partial charge in [0, 0.05) is 23.2 Å². The lowest BCUT2D eigenvalue weighted by Gasteiger charge is -2.41. The first kappa shape index (κ1) is 22.6. The van der Waals surface area contributed by atoms with Crippen molar-refractivity contribution in [2.45, 2.75) is 76.3 Å². The summed E-state index contributed by atoms with van der Waals surface area (Å²) in [6, 6.07) is 16.0. The quantitative estimate of drug-likeness (QED) is 0.458. The molecule has 3 nitrogen and oxygen atoms in total. The lowest BCUT2D eigenvalue weighted by molar-refractivity contribution is -0.146. The molecule has 0 heterocycles. The largest absolute Gasteiger partial charge is 0.468 e. The summed E-state index contributed by atoms with van der Waals surface area (Å²) >= 11 is 0. The number of nitrogens with zero attached hydrogens (tertiary/aromatic N) is 1. The van der Waals surface area contributed by atoms with Gasteiger partial charge in [-0.2, -0.15) is 0 Å². The highest BCUT2D eigenvalue weighted by molar-refractivity contribution is 5.82. The molecule has 1 atom stereocenters. The molecule has 0 amide bonds. The average Bonchev–Trinajstić information content (AvgIpc) is 3.62. The summed E-state index contributed by atoms with van der Waals surface area (Å²) in [6.07, 6.45) is 5.11. The maximum atomic E-state index is 12.1. The summed E-state index contributed by atoms with van der Waals surface area (Å²) in [5.41, 5.74) is 5.36. The summed E-state index contributed by atoms with van der Waals surface area (Å²) in [4.78, 5) is 14.6. The van der Waals surface area contributed by atoms with Crippen LogP contribution in [0, 0.1) is 11.8 Å². The smallest absolute Gasteiger partial charge is 0.315 e. The number of ether oxygens (including phenoxy) is 1. The van der Waals surface area contributed by atoms with Crippen LogP contribution in [-0.2, 0) is 20.4 Å². The molecule has 0 spiro atoms. The van der Waals surface area contributed by atoms with Gasteiger partial charge in [-0.1, -0.05) is 43.9 Å². The number of esters is 1. The SMILES string of the molecule is COC(=O)C(C)(C)c1ccc(C#Cc2ccc3c(c2)C(C)(C)CCC3N(C)C2CC2)cc1. The standard InChI is InChI=1S/C29H35NO2/c1-28(2)18-17-26(30(5)23-14-15-23)24-16-11-21(19-25(24)28)8-7-20-9-12-22(13-10-20)29(3,4)27(31)32-6/h9-13,16,19,23,26H,14-15,17-18H2,1-6H3. The van der Waals surface area contributed by atoms with E-state index in [9.17, 15) is 4.79 Å². The molecule has 2 aromatic rings. The number of hydrogen-bond acceptors (Lipinski definition) is 3. The highest BCUT2D eigenvalue weighted by atomic mass is 16.5. The summed E-state index contributed by atoms with van der Waals surface area (Å²) in [7, 11) is 3.72. The monoisotopic (exact) mass is 429 g/mol. The maximum absolute atomic E-state index is 12.1. The summed E-state index contributed by atoms with van der Waals surface area (Å²) in [5, 5.41) is 0. The van der Waals surface area contributed by atoms with Gasteiger partial charge in [0.15, 0.2) is 0 Å². The Morgan fingerprint density at radius 1 is 1.03 bits per heavy atom. The molecule has 1 unspecified atom stereocenters. The van der Waals surface area contributed by atoms with Gasteiger partial charge in [-0.3, -0.25) is 9.69 Å². The van der Waals surface area contributed by atoms with Crippen LogP contribution in [0.3, 0.4) is 0 Å². The lowest BCUT2D eigenvalue weighted by atomic mass is 9.70. The van der Waals surface area contributed by atoms with Crippen LogP contribution in [0.2, 0.25) is 0 Å². The van der Waals surface area contributed by atoms with Crippen molar-refractivity contribution in [2.75, 3.05) is 14.2 Å². The van der Waals surface area contributed by atoms with E-state index < -0.39 is 5.41 Å². The molecule has 2 aromatic carbocycles. The first-order chi connectivity index (χ1) is 15.1. The molecule has 32 heavy (non-hydrogen) atoms. The minimum Gasteiger partial charge on any atom is -0.468 e. The third kappa shape index (κ3) is 4.34. The molecule has 0 N–H and O–H groups in total. The van der Waals surface area contributed by atoms with E-state index in [1.54, 1.807) is 0 Å². The van der Waals surface area contributed by atoms with E-state index in [2.05, 4.69) is 55.8 Å². The molecule has 2 aliphatic rings. The van der Waals surface area contributed by atoms with Crippen molar-refractivity contribution >= 4 is 5.97 Å². The van der Waals surface area contributed by atoms with Gasteiger partial charge in [0.1, 0.15) is 0 Å². The molecule has 0 saturated heterocycles.